The summed E-state index contributed by atoms with van der Waals surface area (Å²) in [5.74, 6) is 0.389. The SMILES string of the molecule is COc1cc(N2C(=S)N[C@H](c3ccccn3)[C@H]2c2cccn2-c2ccc(C)c(C)c2)ccc1NS(C)(=O)=O. The fourth-order valence-corrected chi connectivity index (χ4v) is 5.71. The lowest BCUT2D eigenvalue weighted by Gasteiger charge is -2.29. The van der Waals surface area contributed by atoms with Crippen LogP contribution in [0.3, 0.4) is 0 Å². The maximum Gasteiger partial charge on any atom is 0.229 e. The Labute approximate surface area is 228 Å². The van der Waals surface area contributed by atoms with Crippen LogP contribution < -0.4 is 19.7 Å². The summed E-state index contributed by atoms with van der Waals surface area (Å²) in [4.78, 5) is 6.68. The third-order valence-corrected chi connectivity index (χ3v) is 7.61. The van der Waals surface area contributed by atoms with E-state index in [9.17, 15) is 8.42 Å². The van der Waals surface area contributed by atoms with Crippen molar-refractivity contribution in [3.8, 4) is 11.4 Å². The van der Waals surface area contributed by atoms with Gasteiger partial charge in [0.15, 0.2) is 5.11 Å². The molecule has 3 heterocycles. The molecule has 2 N–H and O–H groups in total. The number of pyridine rings is 1. The van der Waals surface area contributed by atoms with Crippen molar-refractivity contribution in [1.82, 2.24) is 14.9 Å². The van der Waals surface area contributed by atoms with Gasteiger partial charge in [-0.05, 0) is 85.7 Å². The van der Waals surface area contributed by atoms with Gasteiger partial charge in [-0.25, -0.2) is 8.42 Å². The number of thiocarbonyl (C=S) groups is 1. The Morgan fingerprint density at radius 1 is 1.00 bits per heavy atom. The maximum absolute atomic E-state index is 11.9. The quantitative estimate of drug-likeness (QED) is 0.313. The molecule has 0 spiro atoms. The highest BCUT2D eigenvalue weighted by Gasteiger charge is 2.42. The molecule has 38 heavy (non-hydrogen) atoms. The van der Waals surface area contributed by atoms with E-state index in [-0.39, 0.29) is 12.1 Å². The Hall–Kier alpha value is -3.89. The topological polar surface area (TPSA) is 88.5 Å². The van der Waals surface area contributed by atoms with Crippen LogP contribution in [0.5, 0.6) is 5.75 Å². The van der Waals surface area contributed by atoms with E-state index in [1.807, 2.05) is 41.4 Å². The molecule has 1 aliphatic heterocycles. The highest BCUT2D eigenvalue weighted by atomic mass is 32.2. The van der Waals surface area contributed by atoms with Gasteiger partial charge in [0, 0.05) is 35.5 Å². The Morgan fingerprint density at radius 2 is 1.79 bits per heavy atom. The van der Waals surface area contributed by atoms with Crippen LogP contribution in [0.1, 0.15) is 34.6 Å². The van der Waals surface area contributed by atoms with Crippen LogP contribution in [0.25, 0.3) is 5.69 Å². The number of benzene rings is 2. The van der Waals surface area contributed by atoms with E-state index in [1.54, 1.807) is 18.3 Å². The van der Waals surface area contributed by atoms with E-state index < -0.39 is 10.0 Å². The number of hydrogen-bond acceptors (Lipinski definition) is 5. The molecule has 0 amide bonds. The van der Waals surface area contributed by atoms with Crippen LogP contribution in [-0.2, 0) is 10.0 Å². The van der Waals surface area contributed by atoms with Gasteiger partial charge in [0.1, 0.15) is 11.8 Å². The summed E-state index contributed by atoms with van der Waals surface area (Å²) in [5.41, 5.74) is 6.48. The Kier molecular flexibility index (Phi) is 6.85. The molecule has 0 bridgehead atoms. The molecule has 1 fully saturated rings. The van der Waals surface area contributed by atoms with E-state index in [1.165, 1.54) is 18.2 Å². The summed E-state index contributed by atoms with van der Waals surface area (Å²) in [6.45, 7) is 4.21. The van der Waals surface area contributed by atoms with Gasteiger partial charge in [0.25, 0.3) is 0 Å². The zero-order valence-electron chi connectivity index (χ0n) is 21.5. The lowest BCUT2D eigenvalue weighted by atomic mass is 10.0. The molecule has 2 aromatic heterocycles. The Bertz CT molecular complexity index is 1600. The first-order valence-electron chi connectivity index (χ1n) is 12.1. The normalized spacial score (nSPS) is 17.4. The Morgan fingerprint density at radius 3 is 2.47 bits per heavy atom. The van der Waals surface area contributed by atoms with Crippen molar-refractivity contribution < 1.29 is 13.2 Å². The van der Waals surface area contributed by atoms with E-state index >= 15 is 0 Å². The van der Waals surface area contributed by atoms with Gasteiger partial charge in [0.2, 0.25) is 10.0 Å². The van der Waals surface area contributed by atoms with Crippen molar-refractivity contribution >= 4 is 38.7 Å². The molecule has 196 valence electrons. The molecule has 0 saturated carbocycles. The van der Waals surface area contributed by atoms with Crippen LogP contribution >= 0.6 is 12.2 Å². The van der Waals surface area contributed by atoms with Crippen molar-refractivity contribution in [3.05, 3.63) is 102 Å². The summed E-state index contributed by atoms with van der Waals surface area (Å²) in [5, 5.41) is 4.01. The smallest absolute Gasteiger partial charge is 0.229 e. The minimum atomic E-state index is -3.48. The number of nitrogens with zero attached hydrogens (tertiary/aromatic N) is 3. The van der Waals surface area contributed by atoms with Crippen LogP contribution in [0.4, 0.5) is 11.4 Å². The molecule has 2 atom stereocenters. The summed E-state index contributed by atoms with van der Waals surface area (Å²) in [6, 6.07) is 21.2. The maximum atomic E-state index is 11.9. The second-order valence-corrected chi connectivity index (χ2v) is 11.5. The third-order valence-electron chi connectivity index (χ3n) is 6.71. The van der Waals surface area contributed by atoms with Crippen LogP contribution in [-0.4, -0.2) is 36.4 Å². The molecule has 2 aromatic carbocycles. The number of hydrogen-bond donors (Lipinski definition) is 2. The standard InChI is InChI=1S/C28H29N5O3S2/c1-18-10-11-20(16-19(18)2)32-15-7-9-24(32)27-26(23-8-5-6-14-29-23)30-28(37)33(27)21-12-13-22(25(17-21)36-3)31-38(4,34)35/h5-17,26-27,31H,1-4H3,(H,30,37)/t26-,27-/m1/s1. The number of sulfonamides is 1. The van der Waals surface area contributed by atoms with E-state index in [4.69, 9.17) is 17.0 Å². The van der Waals surface area contributed by atoms with Crippen LogP contribution in [0.15, 0.2) is 79.1 Å². The zero-order chi connectivity index (χ0) is 27.0. The number of rotatable bonds is 7. The first-order chi connectivity index (χ1) is 18.2. The van der Waals surface area contributed by atoms with Crippen molar-refractivity contribution in [3.63, 3.8) is 0 Å². The third kappa shape index (κ3) is 4.97. The number of methoxy groups -OCH3 is 1. The molecule has 0 unspecified atom stereocenters. The molecule has 4 aromatic rings. The predicted molar refractivity (Wildman–Crippen MR) is 155 cm³/mol. The van der Waals surface area contributed by atoms with Gasteiger partial charge in [-0.15, -0.1) is 0 Å². The summed E-state index contributed by atoms with van der Waals surface area (Å²) < 4.78 is 34.0. The van der Waals surface area contributed by atoms with Gasteiger partial charge < -0.3 is 19.5 Å². The molecule has 0 aliphatic carbocycles. The second-order valence-electron chi connectivity index (χ2n) is 9.33. The minimum Gasteiger partial charge on any atom is -0.494 e. The van der Waals surface area contributed by atoms with Crippen molar-refractivity contribution in [2.75, 3.05) is 23.0 Å². The molecule has 1 saturated heterocycles. The first-order valence-corrected chi connectivity index (χ1v) is 14.4. The summed E-state index contributed by atoms with van der Waals surface area (Å²) in [7, 11) is -1.97. The molecular formula is C28H29N5O3S2. The fourth-order valence-electron chi connectivity index (χ4n) is 4.79. The lowest BCUT2D eigenvalue weighted by molar-refractivity contribution is 0.417. The van der Waals surface area contributed by atoms with Crippen molar-refractivity contribution in [2.45, 2.75) is 25.9 Å². The number of nitrogens with one attached hydrogen (secondary N) is 2. The summed E-state index contributed by atoms with van der Waals surface area (Å²) >= 11 is 5.87. The Balaban J connectivity index is 1.65. The second kappa shape index (κ2) is 10.1. The van der Waals surface area contributed by atoms with E-state index in [2.05, 4.69) is 57.7 Å². The summed E-state index contributed by atoms with van der Waals surface area (Å²) in [6.07, 6.45) is 4.93. The van der Waals surface area contributed by atoms with Crippen LogP contribution in [0.2, 0.25) is 0 Å². The number of aromatic nitrogens is 2. The van der Waals surface area contributed by atoms with Gasteiger partial charge in [0.05, 0.1) is 30.8 Å². The zero-order valence-corrected chi connectivity index (χ0v) is 23.2. The molecule has 5 rings (SSSR count). The molecule has 1 aliphatic rings. The van der Waals surface area contributed by atoms with Gasteiger partial charge >= 0.3 is 0 Å². The fraction of sp³-hybridized carbons (Fsp3) is 0.214. The van der Waals surface area contributed by atoms with Gasteiger partial charge in [-0.2, -0.15) is 0 Å². The average molecular weight is 548 g/mol. The lowest BCUT2D eigenvalue weighted by Crippen LogP contribution is -2.30. The van der Waals surface area contributed by atoms with Crippen LogP contribution in [0, 0.1) is 13.8 Å². The van der Waals surface area contributed by atoms with E-state index in [0.29, 0.717) is 16.5 Å². The van der Waals surface area contributed by atoms with E-state index in [0.717, 1.165) is 29.0 Å². The first kappa shape index (κ1) is 25.7. The predicted octanol–water partition coefficient (Wildman–Crippen LogP) is 5.05. The highest BCUT2D eigenvalue weighted by molar-refractivity contribution is 7.92. The molecule has 0 radical (unpaired) electrons. The van der Waals surface area contributed by atoms with Gasteiger partial charge in [-0.3, -0.25) is 9.71 Å². The number of anilines is 2. The number of ether oxygens (including phenoxy) is 1. The average Bonchev–Trinajstić information content (AvgIpc) is 3.50. The monoisotopic (exact) mass is 547 g/mol. The molecule has 8 nitrogen and oxygen atoms in total. The molecule has 10 heteroatoms. The molecular weight excluding hydrogens is 518 g/mol. The largest absolute Gasteiger partial charge is 0.494 e. The highest BCUT2D eigenvalue weighted by Crippen LogP contribution is 2.44. The van der Waals surface area contributed by atoms with Gasteiger partial charge in [-0.1, -0.05) is 12.1 Å². The minimum absolute atomic E-state index is 0.233. The number of aryl methyl sites for hydroxylation is 2. The van der Waals surface area contributed by atoms with Crippen molar-refractivity contribution in [1.29, 1.82) is 0 Å². The van der Waals surface area contributed by atoms with Crippen molar-refractivity contribution in [2.24, 2.45) is 0 Å².